The van der Waals surface area contributed by atoms with Crippen LogP contribution in [0.2, 0.25) is 0 Å². The quantitative estimate of drug-likeness (QED) is 0.683. The highest BCUT2D eigenvalue weighted by Crippen LogP contribution is 2.32. The van der Waals surface area contributed by atoms with E-state index in [9.17, 15) is 9.59 Å². The number of aliphatic hydroxyl groups is 1. The standard InChI is InChI=1S/C11H14O3/c1-4-11(2,3)7-5-9(13)10(14)6-8(7)12/h5-6,14H,4H2,1-3H3. The Bertz CT molecular complexity index is 346. The Balaban J connectivity index is 3.10. The maximum atomic E-state index is 11.5. The van der Waals surface area contributed by atoms with Crippen LogP contribution in [0.5, 0.6) is 0 Å². The molecule has 0 aromatic rings. The molecule has 0 radical (unpaired) electrons. The van der Waals surface area contributed by atoms with Gasteiger partial charge in [0.1, 0.15) is 0 Å². The second-order valence-corrected chi connectivity index (χ2v) is 4.05. The zero-order valence-electron chi connectivity index (χ0n) is 8.63. The Morgan fingerprint density at radius 3 is 2.29 bits per heavy atom. The lowest BCUT2D eigenvalue weighted by Crippen LogP contribution is -2.24. The number of hydrogen-bond acceptors (Lipinski definition) is 3. The molecular weight excluding hydrogens is 180 g/mol. The molecule has 1 rings (SSSR count). The van der Waals surface area contributed by atoms with Crippen LogP contribution >= 0.6 is 0 Å². The minimum atomic E-state index is -0.485. The van der Waals surface area contributed by atoms with Crippen molar-refractivity contribution in [3.05, 3.63) is 23.5 Å². The maximum absolute atomic E-state index is 11.5. The van der Waals surface area contributed by atoms with Crippen LogP contribution in [0.4, 0.5) is 0 Å². The fourth-order valence-corrected chi connectivity index (χ4v) is 1.27. The molecule has 76 valence electrons. The molecule has 0 unspecified atom stereocenters. The van der Waals surface area contributed by atoms with Gasteiger partial charge in [0.15, 0.2) is 11.5 Å². The van der Waals surface area contributed by atoms with Crippen molar-refractivity contribution in [3.63, 3.8) is 0 Å². The van der Waals surface area contributed by atoms with Crippen molar-refractivity contribution >= 4 is 11.6 Å². The average Bonchev–Trinajstić information content (AvgIpc) is 2.11. The minimum Gasteiger partial charge on any atom is -0.504 e. The van der Waals surface area contributed by atoms with Crippen molar-refractivity contribution < 1.29 is 14.7 Å². The average molecular weight is 194 g/mol. The summed E-state index contributed by atoms with van der Waals surface area (Å²) >= 11 is 0. The summed E-state index contributed by atoms with van der Waals surface area (Å²) in [5, 5.41) is 9.05. The molecule has 0 atom stereocenters. The summed E-state index contributed by atoms with van der Waals surface area (Å²) in [6.07, 6.45) is 3.00. The molecule has 0 amide bonds. The van der Waals surface area contributed by atoms with Crippen molar-refractivity contribution in [1.29, 1.82) is 0 Å². The van der Waals surface area contributed by atoms with Crippen LogP contribution in [0.3, 0.4) is 0 Å². The van der Waals surface area contributed by atoms with Crippen LogP contribution in [0, 0.1) is 5.41 Å². The molecule has 14 heavy (non-hydrogen) atoms. The van der Waals surface area contributed by atoms with Gasteiger partial charge >= 0.3 is 0 Å². The van der Waals surface area contributed by atoms with E-state index in [1.54, 1.807) is 0 Å². The molecule has 0 heterocycles. The third kappa shape index (κ3) is 1.76. The van der Waals surface area contributed by atoms with Gasteiger partial charge in [-0.2, -0.15) is 0 Å². The molecule has 0 bridgehead atoms. The highest BCUT2D eigenvalue weighted by molar-refractivity contribution is 6.19. The molecule has 0 saturated carbocycles. The highest BCUT2D eigenvalue weighted by atomic mass is 16.3. The zero-order valence-corrected chi connectivity index (χ0v) is 8.63. The van der Waals surface area contributed by atoms with Gasteiger partial charge in [-0.3, -0.25) is 9.59 Å². The predicted molar refractivity (Wildman–Crippen MR) is 52.9 cm³/mol. The minimum absolute atomic E-state index is 0.269. The van der Waals surface area contributed by atoms with Crippen molar-refractivity contribution in [2.45, 2.75) is 27.2 Å². The fraction of sp³-hybridized carbons (Fsp3) is 0.455. The number of ketones is 2. The van der Waals surface area contributed by atoms with Crippen molar-refractivity contribution in [1.82, 2.24) is 0 Å². The van der Waals surface area contributed by atoms with Gasteiger partial charge in [0, 0.05) is 11.6 Å². The maximum Gasteiger partial charge on any atom is 0.220 e. The van der Waals surface area contributed by atoms with Gasteiger partial charge in [0.2, 0.25) is 5.78 Å². The first kappa shape index (κ1) is 10.7. The molecule has 0 spiro atoms. The van der Waals surface area contributed by atoms with Crippen LogP contribution in [-0.2, 0) is 9.59 Å². The van der Waals surface area contributed by atoms with Crippen molar-refractivity contribution in [3.8, 4) is 0 Å². The Hall–Kier alpha value is -1.38. The van der Waals surface area contributed by atoms with E-state index in [1.807, 2.05) is 20.8 Å². The molecule has 3 heteroatoms. The number of allylic oxidation sites excluding steroid dienone is 3. The summed E-state index contributed by atoms with van der Waals surface area (Å²) in [7, 11) is 0. The van der Waals surface area contributed by atoms with E-state index in [0.717, 1.165) is 12.5 Å². The Kier molecular flexibility index (Phi) is 2.60. The molecule has 0 saturated heterocycles. The van der Waals surface area contributed by atoms with Gasteiger partial charge in [-0.1, -0.05) is 20.8 Å². The lowest BCUT2D eigenvalue weighted by Gasteiger charge is -2.26. The van der Waals surface area contributed by atoms with Crippen LogP contribution in [0.1, 0.15) is 27.2 Å². The largest absolute Gasteiger partial charge is 0.504 e. The van der Waals surface area contributed by atoms with E-state index in [2.05, 4.69) is 0 Å². The molecule has 0 aromatic heterocycles. The van der Waals surface area contributed by atoms with Gasteiger partial charge in [0.05, 0.1) is 0 Å². The summed E-state index contributed by atoms with van der Waals surface area (Å²) in [5.41, 5.74) is 0.159. The second-order valence-electron chi connectivity index (χ2n) is 4.05. The van der Waals surface area contributed by atoms with Crippen molar-refractivity contribution in [2.24, 2.45) is 5.41 Å². The number of carbonyl (C=O) groups excluding carboxylic acids is 2. The number of hydrogen-bond donors (Lipinski definition) is 1. The molecule has 0 fully saturated rings. The molecule has 0 aromatic carbocycles. The molecule has 1 aliphatic carbocycles. The van der Waals surface area contributed by atoms with Crippen LogP contribution < -0.4 is 0 Å². The van der Waals surface area contributed by atoms with Gasteiger partial charge in [0.25, 0.3) is 0 Å². The Labute approximate surface area is 83.1 Å². The van der Waals surface area contributed by atoms with Crippen molar-refractivity contribution in [2.75, 3.05) is 0 Å². The molecule has 0 aliphatic heterocycles. The van der Waals surface area contributed by atoms with E-state index in [1.165, 1.54) is 6.08 Å². The summed E-state index contributed by atoms with van der Waals surface area (Å²) < 4.78 is 0. The third-order valence-corrected chi connectivity index (χ3v) is 2.67. The monoisotopic (exact) mass is 194 g/mol. The van der Waals surface area contributed by atoms with E-state index >= 15 is 0 Å². The number of aliphatic hydroxyl groups excluding tert-OH is 1. The van der Waals surface area contributed by atoms with Gasteiger partial charge in [-0.25, -0.2) is 0 Å². The van der Waals surface area contributed by atoms with E-state index < -0.39 is 11.5 Å². The lowest BCUT2D eigenvalue weighted by atomic mass is 9.77. The van der Waals surface area contributed by atoms with Gasteiger partial charge in [-0.05, 0) is 17.9 Å². The zero-order chi connectivity index (χ0) is 10.9. The summed E-state index contributed by atoms with van der Waals surface area (Å²) in [4.78, 5) is 22.7. The Morgan fingerprint density at radius 1 is 1.21 bits per heavy atom. The molecule has 1 aliphatic rings. The first-order chi connectivity index (χ1) is 6.38. The summed E-state index contributed by atoms with van der Waals surface area (Å²) in [6.45, 7) is 5.76. The topological polar surface area (TPSA) is 54.4 Å². The van der Waals surface area contributed by atoms with E-state index in [-0.39, 0.29) is 11.2 Å². The molecule has 3 nitrogen and oxygen atoms in total. The smallest absolute Gasteiger partial charge is 0.220 e. The summed E-state index contributed by atoms with van der Waals surface area (Å²) in [6, 6.07) is 0. The predicted octanol–water partition coefficient (Wildman–Crippen LogP) is 1.94. The number of carbonyl (C=O) groups is 2. The first-order valence-corrected chi connectivity index (χ1v) is 4.60. The van der Waals surface area contributed by atoms with Crippen LogP contribution in [0.25, 0.3) is 0 Å². The second kappa shape index (κ2) is 3.40. The van der Waals surface area contributed by atoms with E-state index in [0.29, 0.717) is 5.57 Å². The highest BCUT2D eigenvalue weighted by Gasteiger charge is 2.30. The molecule has 1 N–H and O–H groups in total. The van der Waals surface area contributed by atoms with Crippen LogP contribution in [0.15, 0.2) is 23.5 Å². The first-order valence-electron chi connectivity index (χ1n) is 4.60. The SMILES string of the molecule is CCC(C)(C)C1=CC(=O)C(O)=CC1=O. The normalized spacial score (nSPS) is 17.9. The summed E-state index contributed by atoms with van der Waals surface area (Å²) in [5.74, 6) is -1.22. The van der Waals surface area contributed by atoms with Crippen LogP contribution in [-0.4, -0.2) is 16.7 Å². The lowest BCUT2D eigenvalue weighted by molar-refractivity contribution is -0.117. The fourth-order valence-electron chi connectivity index (χ4n) is 1.27. The van der Waals surface area contributed by atoms with Gasteiger partial charge in [-0.15, -0.1) is 0 Å². The third-order valence-electron chi connectivity index (χ3n) is 2.67. The van der Waals surface area contributed by atoms with Gasteiger partial charge < -0.3 is 5.11 Å². The molecular formula is C11H14O3. The van der Waals surface area contributed by atoms with E-state index in [4.69, 9.17) is 5.11 Å². The number of rotatable bonds is 2. The Morgan fingerprint density at radius 2 is 1.79 bits per heavy atom.